The number of thiazole rings is 1. The van der Waals surface area contributed by atoms with Crippen LogP contribution in [0.5, 0.6) is 0 Å². The minimum atomic E-state index is -0.471. The Balaban J connectivity index is 1.33. The van der Waals surface area contributed by atoms with Crippen LogP contribution in [-0.2, 0) is 22.5 Å². The van der Waals surface area contributed by atoms with Crippen LogP contribution in [0.25, 0.3) is 10.9 Å². The normalized spacial score (nSPS) is 20.0. The summed E-state index contributed by atoms with van der Waals surface area (Å²) in [6.07, 6.45) is 1.33. The lowest BCUT2D eigenvalue weighted by atomic mass is 9.98. The molecule has 1 saturated heterocycles. The van der Waals surface area contributed by atoms with Crippen LogP contribution in [0.2, 0.25) is 0 Å². The first kappa shape index (κ1) is 25.4. The number of amides is 3. The van der Waals surface area contributed by atoms with Gasteiger partial charge in [0.05, 0.1) is 17.8 Å². The quantitative estimate of drug-likeness (QED) is 0.452. The molecule has 0 radical (unpaired) electrons. The summed E-state index contributed by atoms with van der Waals surface area (Å²) in [4.78, 5) is 51.7. The third-order valence-electron chi connectivity index (χ3n) is 7.00. The van der Waals surface area contributed by atoms with Gasteiger partial charge < -0.3 is 30.2 Å². The molecular weight excluding hydrogens is 492 g/mol. The number of fused-ring (bicyclic) bond motifs is 2. The minimum absolute atomic E-state index is 0.0289. The molecule has 2 aliphatic heterocycles. The first-order valence-electron chi connectivity index (χ1n) is 12.5. The fourth-order valence-electron chi connectivity index (χ4n) is 4.98. The smallest absolute Gasteiger partial charge is 0.280 e. The zero-order valence-electron chi connectivity index (χ0n) is 21.3. The molecule has 1 fully saturated rings. The van der Waals surface area contributed by atoms with Gasteiger partial charge in [-0.15, -0.1) is 11.3 Å². The van der Waals surface area contributed by atoms with Crippen LogP contribution in [0.4, 0.5) is 0 Å². The summed E-state index contributed by atoms with van der Waals surface area (Å²) in [5.74, 6) is -0.679. The van der Waals surface area contributed by atoms with E-state index in [0.29, 0.717) is 23.7 Å². The molecule has 1 aromatic carbocycles. The number of hydrogen-bond acceptors (Lipinski definition) is 7. The van der Waals surface area contributed by atoms with E-state index in [4.69, 9.17) is 4.74 Å². The van der Waals surface area contributed by atoms with Gasteiger partial charge in [-0.1, -0.05) is 11.6 Å². The van der Waals surface area contributed by atoms with E-state index in [0.717, 1.165) is 46.5 Å². The van der Waals surface area contributed by atoms with Crippen LogP contribution in [0.3, 0.4) is 0 Å². The first-order valence-corrected chi connectivity index (χ1v) is 13.3. The molecule has 3 aromatic rings. The van der Waals surface area contributed by atoms with Crippen molar-refractivity contribution in [2.45, 2.75) is 38.4 Å². The fourth-order valence-corrected chi connectivity index (χ4v) is 6.07. The molecule has 4 heterocycles. The lowest BCUT2D eigenvalue weighted by Crippen LogP contribution is -2.61. The van der Waals surface area contributed by atoms with E-state index in [1.165, 1.54) is 18.4 Å². The number of hydrogen-bond donors (Lipinski definition) is 3. The molecule has 2 atom stereocenters. The van der Waals surface area contributed by atoms with Gasteiger partial charge in [0, 0.05) is 55.5 Å². The van der Waals surface area contributed by atoms with Gasteiger partial charge in [0.1, 0.15) is 12.3 Å². The molecule has 5 rings (SSSR count). The van der Waals surface area contributed by atoms with E-state index < -0.39 is 6.04 Å². The number of aromatic nitrogens is 2. The van der Waals surface area contributed by atoms with Gasteiger partial charge in [-0.05, 0) is 38.6 Å². The zero-order valence-corrected chi connectivity index (χ0v) is 22.1. The number of ether oxygens (including phenoxy) is 1. The fraction of sp³-hybridized carbons (Fsp3) is 0.462. The third-order valence-corrected chi connectivity index (χ3v) is 8.08. The van der Waals surface area contributed by atoms with E-state index >= 15 is 0 Å². The summed E-state index contributed by atoms with van der Waals surface area (Å²) in [6.45, 7) is 4.42. The number of methoxy groups -OCH3 is 1. The molecular formula is C26H32N6O4S. The summed E-state index contributed by atoms with van der Waals surface area (Å²) in [7, 11) is 3.53. The topological polar surface area (TPSA) is 120 Å². The number of nitrogens with one attached hydrogen (secondary N) is 3. The highest BCUT2D eigenvalue weighted by Crippen LogP contribution is 2.25. The lowest BCUT2D eigenvalue weighted by molar-refractivity contribution is -0.136. The second-order valence-electron chi connectivity index (χ2n) is 9.87. The Kier molecular flexibility index (Phi) is 7.27. The van der Waals surface area contributed by atoms with Crippen LogP contribution in [0.1, 0.15) is 42.8 Å². The average molecular weight is 525 g/mol. The number of nitrogens with zero attached hydrogens (tertiary/aromatic N) is 3. The largest absolute Gasteiger partial charge is 0.375 e. The highest BCUT2D eigenvalue weighted by Gasteiger charge is 2.35. The SMILES string of the molecule is COCC(=O)N1CC[C@H](NC(=O)c2cc3cc(C)ccc3[nH]2)[C@H](NC(=O)c2nc3c(s2)CN(C)CC3)C1. The number of likely N-dealkylation sites (N-methyl/N-ethyl adjacent to an activating group) is 1. The van der Waals surface area contributed by atoms with Crippen molar-refractivity contribution in [3.05, 3.63) is 51.1 Å². The van der Waals surface area contributed by atoms with Crippen molar-refractivity contribution in [1.29, 1.82) is 0 Å². The number of piperidine rings is 1. The molecule has 0 bridgehead atoms. The summed E-state index contributed by atoms with van der Waals surface area (Å²) >= 11 is 1.41. The van der Waals surface area contributed by atoms with Crippen molar-refractivity contribution in [3.63, 3.8) is 0 Å². The second-order valence-corrected chi connectivity index (χ2v) is 11.0. The van der Waals surface area contributed by atoms with E-state index in [9.17, 15) is 14.4 Å². The van der Waals surface area contributed by atoms with Crippen LogP contribution < -0.4 is 10.6 Å². The Morgan fingerprint density at radius 3 is 2.78 bits per heavy atom. The Bertz CT molecular complexity index is 1330. The standard InChI is InChI=1S/C26H32N6O4S/c1-15-4-5-17-16(10-15)11-20(27-17)24(34)28-18-7-9-32(23(33)14-36-3)12-21(18)29-25(35)26-30-19-6-8-31(2)13-22(19)37-26/h4-5,10-11,18,21,27H,6-9,12-14H2,1-3H3,(H,28,34)(H,29,35)/t18-,21+/m0/s1. The van der Waals surface area contributed by atoms with E-state index in [1.54, 1.807) is 4.90 Å². The van der Waals surface area contributed by atoms with Gasteiger partial charge in [0.15, 0.2) is 5.01 Å². The highest BCUT2D eigenvalue weighted by molar-refractivity contribution is 7.13. The molecule has 196 valence electrons. The molecule has 0 saturated carbocycles. The van der Waals surface area contributed by atoms with Gasteiger partial charge in [0.25, 0.3) is 11.8 Å². The second kappa shape index (κ2) is 10.6. The van der Waals surface area contributed by atoms with Gasteiger partial charge in [-0.2, -0.15) is 0 Å². The van der Waals surface area contributed by atoms with Crippen molar-refractivity contribution < 1.29 is 19.1 Å². The Morgan fingerprint density at radius 1 is 1.16 bits per heavy atom. The average Bonchev–Trinajstić information content (AvgIpc) is 3.49. The molecule has 0 aliphatic carbocycles. The number of aromatic amines is 1. The van der Waals surface area contributed by atoms with Crippen LogP contribution in [0, 0.1) is 6.92 Å². The number of H-pyrrole nitrogens is 1. The Hall–Kier alpha value is -3.28. The summed E-state index contributed by atoms with van der Waals surface area (Å²) in [5.41, 5.74) is 3.44. The maximum Gasteiger partial charge on any atom is 0.280 e. The van der Waals surface area contributed by atoms with Crippen molar-refractivity contribution in [2.24, 2.45) is 0 Å². The van der Waals surface area contributed by atoms with Gasteiger partial charge >= 0.3 is 0 Å². The number of carbonyl (C=O) groups excluding carboxylic acids is 3. The Morgan fingerprint density at radius 2 is 1.97 bits per heavy atom. The number of likely N-dealkylation sites (tertiary alicyclic amines) is 1. The monoisotopic (exact) mass is 524 g/mol. The van der Waals surface area contributed by atoms with Crippen molar-refractivity contribution in [3.8, 4) is 0 Å². The Labute approximate surface area is 219 Å². The number of aryl methyl sites for hydroxylation is 1. The molecule has 2 aliphatic rings. The van der Waals surface area contributed by atoms with Crippen LogP contribution >= 0.6 is 11.3 Å². The number of benzene rings is 1. The molecule has 3 N–H and O–H groups in total. The number of carbonyl (C=O) groups is 3. The molecule has 0 unspecified atom stereocenters. The molecule has 2 aromatic heterocycles. The van der Waals surface area contributed by atoms with Crippen molar-refractivity contribution in [1.82, 2.24) is 30.4 Å². The summed E-state index contributed by atoms with van der Waals surface area (Å²) in [6, 6.07) is 6.98. The third kappa shape index (κ3) is 5.53. The predicted molar refractivity (Wildman–Crippen MR) is 141 cm³/mol. The minimum Gasteiger partial charge on any atom is -0.375 e. The van der Waals surface area contributed by atoms with E-state index in [-0.39, 0.29) is 36.9 Å². The molecule has 10 nitrogen and oxygen atoms in total. The van der Waals surface area contributed by atoms with Crippen molar-refractivity contribution in [2.75, 3.05) is 40.4 Å². The lowest BCUT2D eigenvalue weighted by Gasteiger charge is -2.39. The zero-order chi connectivity index (χ0) is 26.1. The van der Waals surface area contributed by atoms with E-state index in [1.807, 2.05) is 31.2 Å². The summed E-state index contributed by atoms with van der Waals surface area (Å²) in [5, 5.41) is 7.52. The highest BCUT2D eigenvalue weighted by atomic mass is 32.1. The van der Waals surface area contributed by atoms with Crippen molar-refractivity contribution >= 4 is 40.0 Å². The molecule has 3 amide bonds. The number of rotatable bonds is 6. The first-order chi connectivity index (χ1) is 17.8. The van der Waals surface area contributed by atoms with Gasteiger partial charge in [-0.3, -0.25) is 14.4 Å². The molecule has 0 spiro atoms. The maximum atomic E-state index is 13.2. The van der Waals surface area contributed by atoms with Crippen LogP contribution in [0.15, 0.2) is 24.3 Å². The van der Waals surface area contributed by atoms with E-state index in [2.05, 4.69) is 32.5 Å². The van der Waals surface area contributed by atoms with Crippen LogP contribution in [-0.4, -0.2) is 90.0 Å². The van der Waals surface area contributed by atoms with Gasteiger partial charge in [-0.25, -0.2) is 4.98 Å². The van der Waals surface area contributed by atoms with Gasteiger partial charge in [0.2, 0.25) is 5.91 Å². The molecule has 11 heteroatoms. The predicted octanol–water partition coefficient (Wildman–Crippen LogP) is 1.70. The maximum absolute atomic E-state index is 13.2. The molecule has 37 heavy (non-hydrogen) atoms. The summed E-state index contributed by atoms with van der Waals surface area (Å²) < 4.78 is 5.02.